The fourth-order valence-corrected chi connectivity index (χ4v) is 4.19. The van der Waals surface area contributed by atoms with Crippen LogP contribution < -0.4 is 0 Å². The molecule has 5 rings (SSSR count). The normalized spacial score (nSPS) is 26.4. The molecule has 4 heterocycles. The minimum atomic E-state index is -0.169. The minimum absolute atomic E-state index is 0.169. The number of hydrogen-bond acceptors (Lipinski definition) is 6. The molecule has 2 saturated heterocycles. The van der Waals surface area contributed by atoms with Gasteiger partial charge in [0.25, 0.3) is 0 Å². The highest BCUT2D eigenvalue weighted by atomic mass is 16.5. The zero-order valence-corrected chi connectivity index (χ0v) is 14.2. The van der Waals surface area contributed by atoms with E-state index in [9.17, 15) is 0 Å². The Morgan fingerprint density at radius 1 is 1.20 bits per heavy atom. The first kappa shape index (κ1) is 15.0. The van der Waals surface area contributed by atoms with E-state index in [1.165, 1.54) is 5.39 Å². The van der Waals surface area contributed by atoms with Crippen LogP contribution in [0.3, 0.4) is 0 Å². The number of pyridine rings is 1. The van der Waals surface area contributed by atoms with Gasteiger partial charge in [-0.15, -0.1) is 10.2 Å². The third-order valence-electron chi connectivity index (χ3n) is 5.44. The molecule has 0 saturated carbocycles. The third-order valence-corrected chi connectivity index (χ3v) is 5.44. The van der Waals surface area contributed by atoms with Gasteiger partial charge >= 0.3 is 0 Å². The van der Waals surface area contributed by atoms with Crippen LogP contribution in [0.15, 0.2) is 40.8 Å². The van der Waals surface area contributed by atoms with E-state index in [4.69, 9.17) is 14.1 Å². The summed E-state index contributed by atoms with van der Waals surface area (Å²) in [6, 6.07) is 12.5. The molecule has 0 bridgehead atoms. The Hall–Kier alpha value is -2.31. The third kappa shape index (κ3) is 2.44. The van der Waals surface area contributed by atoms with Crippen molar-refractivity contribution in [2.45, 2.75) is 18.9 Å². The van der Waals surface area contributed by atoms with Crippen molar-refractivity contribution in [2.75, 3.05) is 26.3 Å². The van der Waals surface area contributed by atoms with Gasteiger partial charge in [0.05, 0.1) is 29.8 Å². The Kier molecular flexibility index (Phi) is 3.36. The van der Waals surface area contributed by atoms with Crippen molar-refractivity contribution >= 4 is 10.9 Å². The second-order valence-corrected chi connectivity index (χ2v) is 7.16. The molecule has 0 radical (unpaired) electrons. The van der Waals surface area contributed by atoms with Crippen LogP contribution in [-0.2, 0) is 16.7 Å². The number of likely N-dealkylation sites (tertiary alicyclic amines) is 1. The van der Waals surface area contributed by atoms with Gasteiger partial charge in [0.2, 0.25) is 11.8 Å². The van der Waals surface area contributed by atoms with Crippen LogP contribution in [0.25, 0.3) is 10.9 Å². The van der Waals surface area contributed by atoms with E-state index in [0.717, 1.165) is 43.3 Å². The average Bonchev–Trinajstić information content (AvgIpc) is 3.29. The summed E-state index contributed by atoms with van der Waals surface area (Å²) in [5, 5.41) is 9.51. The second kappa shape index (κ2) is 5.61. The standard InChI is InChI=1S/C19H20N4O2/c1-13-21-22-18(25-13)19-11-23(8-15(19)10-24-12-19)9-16-7-6-14-4-2-3-5-17(14)20-16/h2-7,15H,8-12H2,1H3/t15-,19-/m0/s1. The molecule has 2 fully saturated rings. The SMILES string of the molecule is Cc1nnc([C@@]23COC[C@@H]2CN(Cc2ccc4ccccc4n2)C3)o1. The van der Waals surface area contributed by atoms with Crippen LogP contribution in [0.4, 0.5) is 0 Å². The summed E-state index contributed by atoms with van der Waals surface area (Å²) < 4.78 is 11.5. The van der Waals surface area contributed by atoms with Crippen molar-refractivity contribution < 1.29 is 9.15 Å². The van der Waals surface area contributed by atoms with E-state index < -0.39 is 0 Å². The van der Waals surface area contributed by atoms with Gasteiger partial charge in [-0.05, 0) is 12.1 Å². The maximum Gasteiger partial charge on any atom is 0.226 e. The molecule has 0 N–H and O–H groups in total. The monoisotopic (exact) mass is 336 g/mol. The summed E-state index contributed by atoms with van der Waals surface area (Å²) in [6.45, 7) is 5.91. The average molecular weight is 336 g/mol. The van der Waals surface area contributed by atoms with Crippen LogP contribution in [-0.4, -0.2) is 46.4 Å². The largest absolute Gasteiger partial charge is 0.425 e. The van der Waals surface area contributed by atoms with Gasteiger partial charge < -0.3 is 9.15 Å². The summed E-state index contributed by atoms with van der Waals surface area (Å²) in [4.78, 5) is 7.24. The molecule has 3 aromatic rings. The van der Waals surface area contributed by atoms with Crippen molar-refractivity contribution in [3.8, 4) is 0 Å². The number of para-hydroxylation sites is 1. The lowest BCUT2D eigenvalue weighted by atomic mass is 9.81. The lowest BCUT2D eigenvalue weighted by Gasteiger charge is -2.22. The van der Waals surface area contributed by atoms with Crippen LogP contribution in [0.5, 0.6) is 0 Å². The molecule has 2 aromatic heterocycles. The highest BCUT2D eigenvalue weighted by Gasteiger charge is 2.55. The second-order valence-electron chi connectivity index (χ2n) is 7.16. The molecule has 2 aliphatic rings. The molecular formula is C19H20N4O2. The lowest BCUT2D eigenvalue weighted by molar-refractivity contribution is 0.139. The van der Waals surface area contributed by atoms with E-state index in [1.807, 2.05) is 19.1 Å². The van der Waals surface area contributed by atoms with Crippen LogP contribution in [0.1, 0.15) is 17.5 Å². The van der Waals surface area contributed by atoms with E-state index in [0.29, 0.717) is 18.4 Å². The number of fused-ring (bicyclic) bond motifs is 2. The predicted molar refractivity (Wildman–Crippen MR) is 92.0 cm³/mol. The molecule has 6 nitrogen and oxygen atoms in total. The van der Waals surface area contributed by atoms with E-state index >= 15 is 0 Å². The quantitative estimate of drug-likeness (QED) is 0.731. The first-order valence-electron chi connectivity index (χ1n) is 8.68. The summed E-state index contributed by atoms with van der Waals surface area (Å²) in [6.07, 6.45) is 0. The predicted octanol–water partition coefficient (Wildman–Crippen LogP) is 2.33. The zero-order valence-electron chi connectivity index (χ0n) is 14.2. The van der Waals surface area contributed by atoms with Gasteiger partial charge in [0, 0.05) is 37.9 Å². The summed E-state index contributed by atoms with van der Waals surface area (Å²) in [5.41, 5.74) is 1.97. The van der Waals surface area contributed by atoms with Crippen molar-refractivity contribution in [3.63, 3.8) is 0 Å². The molecule has 1 aromatic carbocycles. The molecule has 128 valence electrons. The van der Waals surface area contributed by atoms with Crippen molar-refractivity contribution in [1.29, 1.82) is 0 Å². The van der Waals surface area contributed by atoms with Crippen LogP contribution in [0.2, 0.25) is 0 Å². The maximum atomic E-state index is 5.78. The van der Waals surface area contributed by atoms with E-state index in [-0.39, 0.29) is 5.41 Å². The molecule has 0 spiro atoms. The smallest absolute Gasteiger partial charge is 0.226 e. The molecule has 0 unspecified atom stereocenters. The number of benzene rings is 1. The number of nitrogens with zero attached hydrogens (tertiary/aromatic N) is 4. The first-order valence-corrected chi connectivity index (χ1v) is 8.68. The summed E-state index contributed by atoms with van der Waals surface area (Å²) >= 11 is 0. The van der Waals surface area contributed by atoms with E-state index in [2.05, 4.69) is 39.4 Å². The van der Waals surface area contributed by atoms with Crippen LogP contribution in [0, 0.1) is 12.8 Å². The number of rotatable bonds is 3. The Morgan fingerprint density at radius 2 is 2.12 bits per heavy atom. The van der Waals surface area contributed by atoms with Crippen LogP contribution >= 0.6 is 0 Å². The Morgan fingerprint density at radius 3 is 3.00 bits per heavy atom. The number of hydrogen-bond donors (Lipinski definition) is 0. The van der Waals surface area contributed by atoms with Gasteiger partial charge in [-0.25, -0.2) is 0 Å². The van der Waals surface area contributed by atoms with Gasteiger partial charge in [-0.1, -0.05) is 24.3 Å². The Labute approximate surface area is 145 Å². The number of aromatic nitrogens is 3. The molecule has 2 aliphatic heterocycles. The number of ether oxygens (including phenoxy) is 1. The molecule has 25 heavy (non-hydrogen) atoms. The molecule has 0 amide bonds. The summed E-state index contributed by atoms with van der Waals surface area (Å²) in [5.74, 6) is 1.74. The Bertz CT molecular complexity index is 924. The zero-order chi connectivity index (χ0) is 16.9. The minimum Gasteiger partial charge on any atom is -0.425 e. The fourth-order valence-electron chi connectivity index (χ4n) is 4.19. The summed E-state index contributed by atoms with van der Waals surface area (Å²) in [7, 11) is 0. The first-order chi connectivity index (χ1) is 12.2. The Balaban J connectivity index is 1.40. The van der Waals surface area contributed by atoms with Gasteiger partial charge in [0.1, 0.15) is 0 Å². The topological polar surface area (TPSA) is 64.3 Å². The molecule has 2 atom stereocenters. The van der Waals surface area contributed by atoms with Crippen molar-refractivity contribution in [2.24, 2.45) is 5.92 Å². The molecule has 6 heteroatoms. The highest BCUT2D eigenvalue weighted by molar-refractivity contribution is 5.78. The van der Waals surface area contributed by atoms with Gasteiger partial charge in [-0.2, -0.15) is 0 Å². The van der Waals surface area contributed by atoms with E-state index in [1.54, 1.807) is 0 Å². The molecule has 0 aliphatic carbocycles. The van der Waals surface area contributed by atoms with Gasteiger partial charge in [0.15, 0.2) is 0 Å². The van der Waals surface area contributed by atoms with Crippen molar-refractivity contribution in [1.82, 2.24) is 20.1 Å². The fraction of sp³-hybridized carbons (Fsp3) is 0.421. The lowest BCUT2D eigenvalue weighted by Crippen LogP contribution is -2.36. The van der Waals surface area contributed by atoms with Gasteiger partial charge in [-0.3, -0.25) is 9.88 Å². The van der Waals surface area contributed by atoms with Crippen molar-refractivity contribution in [3.05, 3.63) is 53.9 Å². The molecular weight excluding hydrogens is 316 g/mol. The number of aryl methyl sites for hydroxylation is 1. The maximum absolute atomic E-state index is 5.78. The highest BCUT2D eigenvalue weighted by Crippen LogP contribution is 2.43.